The Labute approximate surface area is 113 Å². The molecule has 1 N–H and O–H groups in total. The molecule has 2 heterocycles. The van der Waals surface area contributed by atoms with Gasteiger partial charge in [-0.2, -0.15) is 0 Å². The zero-order valence-electron chi connectivity index (χ0n) is 11.8. The normalized spacial score (nSPS) is 20.3. The molecule has 5 nitrogen and oxygen atoms in total. The molecule has 19 heavy (non-hydrogen) atoms. The van der Waals surface area contributed by atoms with Gasteiger partial charge in [0, 0.05) is 25.2 Å². The van der Waals surface area contributed by atoms with E-state index in [9.17, 15) is 4.79 Å². The molecule has 106 valence electrons. The number of rotatable bonds is 5. The average molecular weight is 266 g/mol. The first-order valence-corrected chi connectivity index (χ1v) is 6.65. The monoisotopic (exact) mass is 266 g/mol. The van der Waals surface area contributed by atoms with E-state index in [1.54, 1.807) is 6.07 Å². The van der Waals surface area contributed by atoms with Gasteiger partial charge in [-0.05, 0) is 46.0 Å². The third-order valence-electron chi connectivity index (χ3n) is 3.73. The van der Waals surface area contributed by atoms with Crippen molar-refractivity contribution in [2.75, 3.05) is 33.7 Å². The Hall–Kier alpha value is -1.33. The maximum absolute atomic E-state index is 10.9. The van der Waals surface area contributed by atoms with Crippen molar-refractivity contribution in [3.05, 3.63) is 23.2 Å². The number of furan rings is 1. The molecule has 0 spiro atoms. The van der Waals surface area contributed by atoms with Crippen LogP contribution >= 0.6 is 0 Å². The van der Waals surface area contributed by atoms with Crippen LogP contribution in [0.4, 0.5) is 0 Å². The molecule has 1 aliphatic rings. The molecule has 0 aromatic carbocycles. The molecule has 5 heteroatoms. The highest BCUT2D eigenvalue weighted by atomic mass is 16.4. The lowest BCUT2D eigenvalue weighted by atomic mass is 10.1. The molecule has 0 bridgehead atoms. The van der Waals surface area contributed by atoms with Crippen molar-refractivity contribution >= 4 is 5.97 Å². The third kappa shape index (κ3) is 3.58. The minimum Gasteiger partial charge on any atom is -0.475 e. The molecule has 1 atom stereocenters. The van der Waals surface area contributed by atoms with Crippen LogP contribution in [0.25, 0.3) is 0 Å². The molecule has 0 amide bonds. The van der Waals surface area contributed by atoms with Crippen LogP contribution in [-0.2, 0) is 6.54 Å². The molecule has 1 aliphatic heterocycles. The summed E-state index contributed by atoms with van der Waals surface area (Å²) < 4.78 is 5.23. The molecule has 1 fully saturated rings. The van der Waals surface area contributed by atoms with Crippen LogP contribution < -0.4 is 0 Å². The molecule has 0 aliphatic carbocycles. The second-order valence-electron chi connectivity index (χ2n) is 5.61. The van der Waals surface area contributed by atoms with Crippen LogP contribution in [0, 0.1) is 12.8 Å². The highest BCUT2D eigenvalue weighted by molar-refractivity contribution is 5.84. The summed E-state index contributed by atoms with van der Waals surface area (Å²) in [5, 5.41) is 8.90. The van der Waals surface area contributed by atoms with E-state index in [-0.39, 0.29) is 5.76 Å². The van der Waals surface area contributed by atoms with Gasteiger partial charge >= 0.3 is 5.97 Å². The first-order chi connectivity index (χ1) is 8.95. The van der Waals surface area contributed by atoms with E-state index < -0.39 is 5.97 Å². The van der Waals surface area contributed by atoms with Gasteiger partial charge in [-0.15, -0.1) is 0 Å². The Bertz CT molecular complexity index is 456. The quantitative estimate of drug-likeness (QED) is 0.878. The number of aryl methyl sites for hydroxylation is 1. The van der Waals surface area contributed by atoms with E-state index in [2.05, 4.69) is 23.9 Å². The number of aromatic carboxylic acids is 1. The maximum atomic E-state index is 10.9. The lowest BCUT2D eigenvalue weighted by Gasteiger charge is -2.20. The first kappa shape index (κ1) is 14.1. The van der Waals surface area contributed by atoms with Crippen molar-refractivity contribution in [1.29, 1.82) is 0 Å². The Morgan fingerprint density at radius 3 is 2.89 bits per heavy atom. The zero-order chi connectivity index (χ0) is 14.0. The van der Waals surface area contributed by atoms with E-state index in [0.717, 1.165) is 25.2 Å². The molecule has 1 unspecified atom stereocenters. The highest BCUT2D eigenvalue weighted by Gasteiger charge is 2.21. The Balaban J connectivity index is 1.91. The summed E-state index contributed by atoms with van der Waals surface area (Å²) in [6, 6.07) is 1.63. The van der Waals surface area contributed by atoms with Gasteiger partial charge in [-0.25, -0.2) is 4.79 Å². The standard InChI is InChI=1S/C14H22N2O3/c1-10-12(6-13(19-10)14(17)18)9-16(3)8-11-4-5-15(2)7-11/h6,11H,4-5,7-9H2,1-3H3,(H,17,18). The fourth-order valence-corrected chi connectivity index (χ4v) is 2.75. The molecule has 1 aromatic heterocycles. The van der Waals surface area contributed by atoms with Crippen LogP contribution in [-0.4, -0.2) is 54.6 Å². The van der Waals surface area contributed by atoms with Crippen LogP contribution in [0.1, 0.15) is 28.3 Å². The van der Waals surface area contributed by atoms with Gasteiger partial charge in [0.15, 0.2) is 0 Å². The average Bonchev–Trinajstić information content (AvgIpc) is 2.86. The van der Waals surface area contributed by atoms with Gasteiger partial charge < -0.3 is 19.3 Å². The van der Waals surface area contributed by atoms with Crippen molar-refractivity contribution in [1.82, 2.24) is 9.80 Å². The van der Waals surface area contributed by atoms with Crippen molar-refractivity contribution < 1.29 is 14.3 Å². The van der Waals surface area contributed by atoms with Crippen molar-refractivity contribution in [3.8, 4) is 0 Å². The van der Waals surface area contributed by atoms with Crippen molar-refractivity contribution in [2.45, 2.75) is 19.9 Å². The number of carbonyl (C=O) groups is 1. The summed E-state index contributed by atoms with van der Waals surface area (Å²) in [7, 11) is 4.23. The topological polar surface area (TPSA) is 56.9 Å². The van der Waals surface area contributed by atoms with Crippen molar-refractivity contribution in [2.24, 2.45) is 5.92 Å². The van der Waals surface area contributed by atoms with Gasteiger partial charge in [0.25, 0.3) is 0 Å². The number of hydrogen-bond acceptors (Lipinski definition) is 4. The molecular formula is C14H22N2O3. The third-order valence-corrected chi connectivity index (χ3v) is 3.73. The number of carboxylic acid groups (broad SMARTS) is 1. The second kappa shape index (κ2) is 5.75. The summed E-state index contributed by atoms with van der Waals surface area (Å²) in [4.78, 5) is 15.4. The Kier molecular flexibility index (Phi) is 4.27. The van der Waals surface area contributed by atoms with Crippen LogP contribution in [0.3, 0.4) is 0 Å². The summed E-state index contributed by atoms with van der Waals surface area (Å²) in [5.41, 5.74) is 0.964. The van der Waals surface area contributed by atoms with E-state index >= 15 is 0 Å². The smallest absolute Gasteiger partial charge is 0.371 e. The van der Waals surface area contributed by atoms with E-state index in [1.165, 1.54) is 13.0 Å². The van der Waals surface area contributed by atoms with E-state index in [4.69, 9.17) is 9.52 Å². The maximum Gasteiger partial charge on any atom is 0.371 e. The fourth-order valence-electron chi connectivity index (χ4n) is 2.75. The van der Waals surface area contributed by atoms with Crippen molar-refractivity contribution in [3.63, 3.8) is 0 Å². The van der Waals surface area contributed by atoms with Gasteiger partial charge in [0.05, 0.1) is 0 Å². The predicted octanol–water partition coefficient (Wildman–Crippen LogP) is 1.67. The summed E-state index contributed by atoms with van der Waals surface area (Å²) in [6.07, 6.45) is 1.24. The number of nitrogens with zero attached hydrogens (tertiary/aromatic N) is 2. The predicted molar refractivity (Wildman–Crippen MR) is 72.3 cm³/mol. The molecule has 0 saturated carbocycles. The molecule has 1 saturated heterocycles. The Morgan fingerprint density at radius 2 is 2.37 bits per heavy atom. The van der Waals surface area contributed by atoms with Crippen LogP contribution in [0.2, 0.25) is 0 Å². The first-order valence-electron chi connectivity index (χ1n) is 6.65. The van der Waals surface area contributed by atoms with Gasteiger partial charge in [-0.3, -0.25) is 0 Å². The highest BCUT2D eigenvalue weighted by Crippen LogP contribution is 2.19. The SMILES string of the molecule is Cc1oc(C(=O)O)cc1CN(C)CC1CCN(C)C1. The molecule has 1 aromatic rings. The van der Waals surface area contributed by atoms with Crippen LogP contribution in [0.5, 0.6) is 0 Å². The lowest BCUT2D eigenvalue weighted by molar-refractivity contribution is 0.0661. The zero-order valence-corrected chi connectivity index (χ0v) is 11.8. The summed E-state index contributed by atoms with van der Waals surface area (Å²) in [5.74, 6) is 0.435. The van der Waals surface area contributed by atoms with E-state index in [1.807, 2.05) is 6.92 Å². The van der Waals surface area contributed by atoms with Gasteiger partial charge in [0.1, 0.15) is 5.76 Å². The lowest BCUT2D eigenvalue weighted by Crippen LogP contribution is -2.27. The van der Waals surface area contributed by atoms with Crippen LogP contribution in [0.15, 0.2) is 10.5 Å². The molecular weight excluding hydrogens is 244 g/mol. The van der Waals surface area contributed by atoms with E-state index in [0.29, 0.717) is 11.7 Å². The minimum atomic E-state index is -1.01. The number of hydrogen-bond donors (Lipinski definition) is 1. The van der Waals surface area contributed by atoms with Gasteiger partial charge in [-0.1, -0.05) is 0 Å². The van der Waals surface area contributed by atoms with Gasteiger partial charge in [0.2, 0.25) is 5.76 Å². The molecule has 0 radical (unpaired) electrons. The molecule has 2 rings (SSSR count). The Morgan fingerprint density at radius 1 is 1.63 bits per heavy atom. The fraction of sp³-hybridized carbons (Fsp3) is 0.643. The second-order valence-corrected chi connectivity index (χ2v) is 5.61. The summed E-state index contributed by atoms with van der Waals surface area (Å²) in [6.45, 7) is 5.92. The minimum absolute atomic E-state index is 0.0292. The summed E-state index contributed by atoms with van der Waals surface area (Å²) >= 11 is 0. The largest absolute Gasteiger partial charge is 0.475 e. The number of likely N-dealkylation sites (tertiary alicyclic amines) is 1. The number of carboxylic acids is 1.